The minimum absolute atomic E-state index is 0.222. The van der Waals surface area contributed by atoms with Crippen LogP contribution in [0.5, 0.6) is 0 Å². The third-order valence-corrected chi connectivity index (χ3v) is 7.72. The predicted octanol–water partition coefficient (Wildman–Crippen LogP) is 1.38. The van der Waals surface area contributed by atoms with Gasteiger partial charge in [-0.15, -0.1) is 0 Å². The van der Waals surface area contributed by atoms with E-state index in [2.05, 4.69) is 0 Å². The molecule has 13 nitrogen and oxygen atoms in total. The van der Waals surface area contributed by atoms with E-state index in [9.17, 15) is 4.79 Å². The minimum Gasteiger partial charge on any atom is -0.365 e. The first-order valence-corrected chi connectivity index (χ1v) is 14.0. The molecule has 228 valence electrons. The van der Waals surface area contributed by atoms with E-state index in [1.165, 1.54) is 0 Å². The molecular formula is C27H42O13. The molecule has 0 amide bonds. The third-order valence-electron chi connectivity index (χ3n) is 7.72. The van der Waals surface area contributed by atoms with Crippen molar-refractivity contribution in [1.29, 1.82) is 0 Å². The Balaban J connectivity index is 1.08. The van der Waals surface area contributed by atoms with Gasteiger partial charge in [-0.25, -0.2) is 0 Å². The van der Waals surface area contributed by atoms with Crippen molar-refractivity contribution in [1.82, 2.24) is 0 Å². The fraction of sp³-hybridized carbons (Fsp3) is 0.963. The van der Waals surface area contributed by atoms with Crippen molar-refractivity contribution < 1.29 is 61.6 Å². The Kier molecular flexibility index (Phi) is 7.42. The molecule has 0 aromatic rings. The average molecular weight is 575 g/mol. The number of fused-ring (bicyclic) bond motifs is 2. The summed E-state index contributed by atoms with van der Waals surface area (Å²) in [4.78, 5) is 13.1. The Morgan fingerprint density at radius 2 is 0.975 bits per heavy atom. The fourth-order valence-electron chi connectivity index (χ4n) is 6.16. The molecule has 10 atom stereocenters. The molecule has 6 rings (SSSR count). The van der Waals surface area contributed by atoms with E-state index >= 15 is 0 Å². The van der Waals surface area contributed by atoms with Crippen LogP contribution in [0.3, 0.4) is 0 Å². The van der Waals surface area contributed by atoms with Crippen molar-refractivity contribution in [3.8, 4) is 0 Å². The Morgan fingerprint density at radius 1 is 0.575 bits per heavy atom. The summed E-state index contributed by atoms with van der Waals surface area (Å²) < 4.78 is 72.0. The predicted molar refractivity (Wildman–Crippen MR) is 132 cm³/mol. The molecule has 0 aliphatic carbocycles. The number of ether oxygens (including phenoxy) is 12. The van der Waals surface area contributed by atoms with Crippen LogP contribution in [0, 0.1) is 0 Å². The highest BCUT2D eigenvalue weighted by Gasteiger charge is 2.60. The van der Waals surface area contributed by atoms with Crippen LogP contribution in [0.2, 0.25) is 0 Å². The molecule has 6 aliphatic rings. The lowest BCUT2D eigenvalue weighted by molar-refractivity contribution is -0.237. The number of carbonyl (C=O) groups excluding carboxylic acids is 1. The SMILES string of the molecule is CC1(C)O[C@H]2O[C@H]([C@H]3COC(C)(C)O3)[C@H](OCC(=O)CO[C@@H]3[C@H]4OC(C)(C)O[C@H]4O[C@@H]3[C@H]3COC(C)(C)O3)[C@H]2O1. The summed E-state index contributed by atoms with van der Waals surface area (Å²) in [5, 5.41) is 0. The number of Topliss-reactive ketones (excluding diaryl/α,β-unsaturated/α-hetero) is 1. The van der Waals surface area contributed by atoms with Gasteiger partial charge in [-0.05, 0) is 55.4 Å². The number of hydrogen-bond acceptors (Lipinski definition) is 13. The second-order valence-electron chi connectivity index (χ2n) is 13.0. The van der Waals surface area contributed by atoms with Gasteiger partial charge in [0.2, 0.25) is 0 Å². The van der Waals surface area contributed by atoms with Gasteiger partial charge in [0.05, 0.1) is 13.2 Å². The van der Waals surface area contributed by atoms with Crippen molar-refractivity contribution in [2.75, 3.05) is 26.4 Å². The van der Waals surface area contributed by atoms with E-state index in [1.807, 2.05) is 55.4 Å². The van der Waals surface area contributed by atoms with Gasteiger partial charge in [0.25, 0.3) is 0 Å². The first-order chi connectivity index (χ1) is 18.6. The Bertz CT molecular complexity index is 892. The van der Waals surface area contributed by atoms with Crippen LogP contribution < -0.4 is 0 Å². The van der Waals surface area contributed by atoms with Gasteiger partial charge in [-0.1, -0.05) is 0 Å². The zero-order valence-electron chi connectivity index (χ0n) is 24.4. The zero-order chi connectivity index (χ0) is 28.7. The second-order valence-corrected chi connectivity index (χ2v) is 13.0. The van der Waals surface area contributed by atoms with Crippen LogP contribution in [-0.4, -0.2) is 117 Å². The molecule has 0 saturated carbocycles. The van der Waals surface area contributed by atoms with Crippen LogP contribution in [0.1, 0.15) is 55.4 Å². The smallest absolute Gasteiger partial charge is 0.190 e. The molecule has 0 radical (unpaired) electrons. The summed E-state index contributed by atoms with van der Waals surface area (Å²) in [6.45, 7) is 14.8. The first-order valence-electron chi connectivity index (χ1n) is 14.0. The number of rotatable bonds is 8. The van der Waals surface area contributed by atoms with Crippen LogP contribution in [0.25, 0.3) is 0 Å². The third kappa shape index (κ3) is 5.86. The Morgan fingerprint density at radius 3 is 1.32 bits per heavy atom. The lowest BCUT2D eigenvalue weighted by Crippen LogP contribution is -2.46. The fourth-order valence-corrected chi connectivity index (χ4v) is 6.16. The molecule has 13 heteroatoms. The van der Waals surface area contributed by atoms with Gasteiger partial charge in [0.1, 0.15) is 62.0 Å². The van der Waals surface area contributed by atoms with Crippen molar-refractivity contribution in [3.63, 3.8) is 0 Å². The molecule has 0 bridgehead atoms. The van der Waals surface area contributed by atoms with Gasteiger partial charge in [-0.3, -0.25) is 4.79 Å². The molecule has 0 aromatic carbocycles. The summed E-state index contributed by atoms with van der Waals surface area (Å²) in [6, 6.07) is 0. The van der Waals surface area contributed by atoms with E-state index in [-0.39, 0.29) is 19.0 Å². The van der Waals surface area contributed by atoms with E-state index in [4.69, 9.17) is 56.8 Å². The average Bonchev–Trinajstić information content (AvgIpc) is 3.63. The summed E-state index contributed by atoms with van der Waals surface area (Å²) in [5.74, 6) is -3.45. The van der Waals surface area contributed by atoms with E-state index in [0.29, 0.717) is 13.2 Å². The van der Waals surface area contributed by atoms with Crippen LogP contribution >= 0.6 is 0 Å². The highest BCUT2D eigenvalue weighted by Crippen LogP contribution is 2.43. The van der Waals surface area contributed by atoms with Gasteiger partial charge in [0.15, 0.2) is 41.5 Å². The number of ketones is 1. The van der Waals surface area contributed by atoms with Crippen molar-refractivity contribution >= 4 is 5.78 Å². The molecule has 0 aromatic heterocycles. The largest absolute Gasteiger partial charge is 0.365 e. The minimum atomic E-state index is -0.840. The Labute approximate surface area is 234 Å². The molecule has 6 heterocycles. The summed E-state index contributed by atoms with van der Waals surface area (Å²) >= 11 is 0. The summed E-state index contributed by atoms with van der Waals surface area (Å²) in [7, 11) is 0. The number of hydrogen-bond donors (Lipinski definition) is 0. The lowest BCUT2D eigenvalue weighted by Gasteiger charge is -2.29. The second kappa shape index (κ2) is 10.1. The molecule has 40 heavy (non-hydrogen) atoms. The van der Waals surface area contributed by atoms with Crippen molar-refractivity contribution in [2.45, 2.75) is 140 Å². The molecule has 0 spiro atoms. The molecule has 6 fully saturated rings. The standard InChI is InChI=1S/C27H42O13/c1-24(2)31-11-14(35-24)16-18(20-22(33-16)39-26(5,6)37-20)29-9-13(28)10-30-19-17(15-12-32-25(3,4)36-15)34-23-21(19)38-27(7,8)40-23/h14-23H,9-12H2,1-8H3/t14-,15-,16-,17-,18+,19+,20-,21-,22-,23-/m1/s1. The van der Waals surface area contributed by atoms with Gasteiger partial charge >= 0.3 is 0 Å². The topological polar surface area (TPSA) is 128 Å². The van der Waals surface area contributed by atoms with Crippen LogP contribution in [-0.2, 0) is 61.6 Å². The molecule has 0 unspecified atom stereocenters. The highest BCUT2D eigenvalue weighted by molar-refractivity contribution is 5.80. The highest BCUT2D eigenvalue weighted by atomic mass is 16.9. The van der Waals surface area contributed by atoms with Gasteiger partial charge < -0.3 is 56.8 Å². The monoisotopic (exact) mass is 574 g/mol. The van der Waals surface area contributed by atoms with Gasteiger partial charge in [0, 0.05) is 0 Å². The van der Waals surface area contributed by atoms with Gasteiger partial charge in [-0.2, -0.15) is 0 Å². The molecule has 6 saturated heterocycles. The molecular weight excluding hydrogens is 532 g/mol. The quantitative estimate of drug-likeness (QED) is 0.415. The van der Waals surface area contributed by atoms with Crippen molar-refractivity contribution in [2.24, 2.45) is 0 Å². The van der Waals surface area contributed by atoms with Crippen LogP contribution in [0.4, 0.5) is 0 Å². The maximum absolute atomic E-state index is 13.1. The molecule has 0 N–H and O–H groups in total. The Hall–Kier alpha value is -0.810. The zero-order valence-corrected chi connectivity index (χ0v) is 24.4. The number of carbonyl (C=O) groups is 1. The van der Waals surface area contributed by atoms with E-state index < -0.39 is 84.6 Å². The summed E-state index contributed by atoms with van der Waals surface area (Å²) in [6.07, 6.45) is -5.42. The normalized spacial score (nSPS) is 46.1. The maximum Gasteiger partial charge on any atom is 0.190 e. The summed E-state index contributed by atoms with van der Waals surface area (Å²) in [5.41, 5.74) is 0. The molecule has 6 aliphatic heterocycles. The van der Waals surface area contributed by atoms with E-state index in [1.54, 1.807) is 0 Å². The van der Waals surface area contributed by atoms with E-state index in [0.717, 1.165) is 0 Å². The van der Waals surface area contributed by atoms with Crippen LogP contribution in [0.15, 0.2) is 0 Å². The first kappa shape index (κ1) is 29.3. The lowest BCUT2D eigenvalue weighted by atomic mass is 10.1. The van der Waals surface area contributed by atoms with Crippen molar-refractivity contribution in [3.05, 3.63) is 0 Å². The maximum atomic E-state index is 13.1.